The van der Waals surface area contributed by atoms with E-state index >= 15 is 0 Å². The van der Waals surface area contributed by atoms with Gasteiger partial charge in [0.2, 0.25) is 0 Å². The first kappa shape index (κ1) is 27.7. The Kier molecular flexibility index (Phi) is 7.13. The topological polar surface area (TPSA) is 146 Å². The first-order valence-electron chi connectivity index (χ1n) is 13.4. The number of nitriles is 1. The lowest BCUT2D eigenvalue weighted by Gasteiger charge is -2.12. The molecule has 0 fully saturated rings. The summed E-state index contributed by atoms with van der Waals surface area (Å²) in [6.07, 6.45) is 2.86. The monoisotopic (exact) mass is 587 g/mol. The van der Waals surface area contributed by atoms with E-state index in [0.717, 1.165) is 37.7 Å². The van der Waals surface area contributed by atoms with Gasteiger partial charge in [-0.1, -0.05) is 30.3 Å². The predicted octanol–water partition coefficient (Wildman–Crippen LogP) is 5.81. The molecule has 6 rings (SSSR count). The fraction of sp³-hybridized carbons (Fsp3) is 0.156. The molecule has 1 amide bonds. The smallest absolute Gasteiger partial charge is 0.306 e. The quantitative estimate of drug-likeness (QED) is 0.255. The number of hydrogen-bond acceptors (Lipinski definition) is 8. The average molecular weight is 588 g/mol. The molecule has 5 aromatic rings. The molecule has 4 heterocycles. The van der Waals surface area contributed by atoms with E-state index in [1.807, 2.05) is 48.7 Å². The maximum atomic E-state index is 12.6. The summed E-state index contributed by atoms with van der Waals surface area (Å²) in [5.41, 5.74) is 6.41. The molecule has 3 aromatic heterocycles. The van der Waals surface area contributed by atoms with Crippen LogP contribution in [0.15, 0.2) is 72.0 Å². The Bertz CT molecular complexity index is 1970. The minimum absolute atomic E-state index is 0.215. The average Bonchev–Trinajstić information content (AvgIpc) is 3.49. The third-order valence-electron chi connectivity index (χ3n) is 7.43. The van der Waals surface area contributed by atoms with E-state index in [-0.39, 0.29) is 12.3 Å². The number of carboxylic acids is 1. The molecule has 2 aromatic carbocycles. The number of benzene rings is 2. The van der Waals surface area contributed by atoms with Crippen LogP contribution in [0.25, 0.3) is 16.1 Å². The normalized spacial score (nSPS) is 13.7. The molecular formula is C32H25N7O3S. The summed E-state index contributed by atoms with van der Waals surface area (Å²) in [7, 11) is 0. The predicted molar refractivity (Wildman–Crippen MR) is 163 cm³/mol. The van der Waals surface area contributed by atoms with Gasteiger partial charge in [-0.05, 0) is 61.7 Å². The van der Waals surface area contributed by atoms with Crippen LogP contribution in [0.5, 0.6) is 0 Å². The summed E-state index contributed by atoms with van der Waals surface area (Å²) < 4.78 is 1.93. The molecule has 0 saturated heterocycles. The largest absolute Gasteiger partial charge is 0.481 e. The fourth-order valence-corrected chi connectivity index (χ4v) is 6.35. The SMILES string of the molecule is Cc1sc2c(c1C)C(c1ccc(-c3ccc(NC(=O)c4ccncc4)c(C#N)c3)cc1)=N[C@@H](CC(=O)O)c1nnc(C)n1-2. The third kappa shape index (κ3) is 5.09. The molecule has 0 saturated carbocycles. The zero-order chi connectivity index (χ0) is 30.2. The van der Waals surface area contributed by atoms with Crippen molar-refractivity contribution in [3.05, 3.63) is 111 Å². The number of carbonyl (C=O) groups is 2. The zero-order valence-corrected chi connectivity index (χ0v) is 24.3. The number of hydrogen-bond donors (Lipinski definition) is 2. The van der Waals surface area contributed by atoms with E-state index in [0.29, 0.717) is 34.2 Å². The molecule has 1 atom stereocenters. The summed E-state index contributed by atoms with van der Waals surface area (Å²) in [4.78, 5) is 34.5. The van der Waals surface area contributed by atoms with Crippen molar-refractivity contribution in [3.63, 3.8) is 0 Å². The molecule has 11 heteroatoms. The molecule has 0 radical (unpaired) electrons. The number of carbonyl (C=O) groups excluding carboxylic acids is 1. The number of nitrogens with one attached hydrogen (secondary N) is 1. The number of rotatable bonds is 6. The van der Waals surface area contributed by atoms with Crippen molar-refractivity contribution >= 4 is 34.6 Å². The molecule has 1 aliphatic rings. The second kappa shape index (κ2) is 11.1. The highest BCUT2D eigenvalue weighted by molar-refractivity contribution is 7.15. The van der Waals surface area contributed by atoms with E-state index in [1.54, 1.807) is 35.6 Å². The summed E-state index contributed by atoms with van der Waals surface area (Å²) in [5, 5.41) is 31.8. The molecule has 212 valence electrons. The van der Waals surface area contributed by atoms with Crippen LogP contribution in [0.3, 0.4) is 0 Å². The minimum atomic E-state index is -0.970. The van der Waals surface area contributed by atoms with Crippen molar-refractivity contribution in [3.8, 4) is 22.2 Å². The molecular weight excluding hydrogens is 562 g/mol. The van der Waals surface area contributed by atoms with Gasteiger partial charge in [0.05, 0.1) is 23.4 Å². The Hall–Kier alpha value is -5.47. The van der Waals surface area contributed by atoms with Crippen molar-refractivity contribution in [2.24, 2.45) is 4.99 Å². The number of nitrogens with zero attached hydrogens (tertiary/aromatic N) is 6. The molecule has 0 bridgehead atoms. The van der Waals surface area contributed by atoms with Gasteiger partial charge < -0.3 is 10.4 Å². The van der Waals surface area contributed by atoms with Gasteiger partial charge in [-0.3, -0.25) is 24.1 Å². The van der Waals surface area contributed by atoms with Gasteiger partial charge in [0.1, 0.15) is 22.9 Å². The van der Waals surface area contributed by atoms with Gasteiger partial charge in [0.25, 0.3) is 5.91 Å². The highest BCUT2D eigenvalue weighted by Crippen LogP contribution is 2.39. The molecule has 1 aliphatic heterocycles. The Balaban J connectivity index is 1.36. The number of amides is 1. The molecule has 0 aliphatic carbocycles. The van der Waals surface area contributed by atoms with Gasteiger partial charge in [0.15, 0.2) is 5.82 Å². The number of thiophene rings is 1. The highest BCUT2D eigenvalue weighted by atomic mass is 32.1. The van der Waals surface area contributed by atoms with E-state index in [9.17, 15) is 20.0 Å². The van der Waals surface area contributed by atoms with Crippen LogP contribution in [0.4, 0.5) is 5.69 Å². The minimum Gasteiger partial charge on any atom is -0.481 e. The number of carboxylic acid groups (broad SMARTS) is 1. The first-order valence-corrected chi connectivity index (χ1v) is 14.3. The van der Waals surface area contributed by atoms with Crippen LogP contribution in [-0.2, 0) is 4.79 Å². The van der Waals surface area contributed by atoms with Crippen molar-refractivity contribution in [2.45, 2.75) is 33.2 Å². The number of pyridine rings is 1. The van der Waals surface area contributed by atoms with Crippen molar-refractivity contribution in [1.29, 1.82) is 5.26 Å². The van der Waals surface area contributed by atoms with Gasteiger partial charge in [-0.25, -0.2) is 0 Å². The Morgan fingerprint density at radius 2 is 1.70 bits per heavy atom. The van der Waals surface area contributed by atoms with E-state index in [1.165, 1.54) is 12.4 Å². The number of aliphatic carboxylic acids is 1. The summed E-state index contributed by atoms with van der Waals surface area (Å²) in [6, 6.07) is 17.8. The number of aromatic nitrogens is 4. The molecule has 0 unspecified atom stereocenters. The summed E-state index contributed by atoms with van der Waals surface area (Å²) >= 11 is 1.61. The maximum Gasteiger partial charge on any atom is 0.306 e. The Morgan fingerprint density at radius 3 is 2.40 bits per heavy atom. The number of aliphatic imine (C=N–C) groups is 1. The van der Waals surface area contributed by atoms with Crippen LogP contribution < -0.4 is 5.32 Å². The fourth-order valence-electron chi connectivity index (χ4n) is 5.13. The van der Waals surface area contributed by atoms with Gasteiger partial charge in [0, 0.05) is 34.0 Å². The summed E-state index contributed by atoms with van der Waals surface area (Å²) in [5.74, 6) is -0.113. The van der Waals surface area contributed by atoms with Gasteiger partial charge >= 0.3 is 5.97 Å². The first-order chi connectivity index (χ1) is 20.7. The molecule has 43 heavy (non-hydrogen) atoms. The lowest BCUT2D eigenvalue weighted by molar-refractivity contribution is -0.137. The molecule has 2 N–H and O–H groups in total. The van der Waals surface area contributed by atoms with Crippen molar-refractivity contribution < 1.29 is 14.7 Å². The number of aryl methyl sites for hydroxylation is 2. The molecule has 10 nitrogen and oxygen atoms in total. The highest BCUT2D eigenvalue weighted by Gasteiger charge is 2.32. The van der Waals surface area contributed by atoms with Gasteiger partial charge in [-0.2, -0.15) is 5.26 Å². The summed E-state index contributed by atoms with van der Waals surface area (Å²) in [6.45, 7) is 5.96. The third-order valence-corrected chi connectivity index (χ3v) is 8.62. The van der Waals surface area contributed by atoms with Crippen LogP contribution in [0.1, 0.15) is 61.6 Å². The van der Waals surface area contributed by atoms with Crippen LogP contribution >= 0.6 is 11.3 Å². The van der Waals surface area contributed by atoms with Crippen molar-refractivity contribution in [2.75, 3.05) is 5.32 Å². The molecule has 0 spiro atoms. The van der Waals surface area contributed by atoms with E-state index in [2.05, 4.69) is 33.5 Å². The number of fused-ring (bicyclic) bond motifs is 3. The Morgan fingerprint density at radius 1 is 1.00 bits per heavy atom. The van der Waals surface area contributed by atoms with Crippen molar-refractivity contribution in [1.82, 2.24) is 19.7 Å². The maximum absolute atomic E-state index is 12.6. The second-order valence-corrected chi connectivity index (χ2v) is 11.3. The van der Waals surface area contributed by atoms with Gasteiger partial charge in [-0.15, -0.1) is 21.5 Å². The zero-order valence-electron chi connectivity index (χ0n) is 23.5. The van der Waals surface area contributed by atoms with E-state index in [4.69, 9.17) is 4.99 Å². The lowest BCUT2D eigenvalue weighted by atomic mass is 9.96. The number of anilines is 1. The van der Waals surface area contributed by atoms with Crippen LogP contribution in [-0.4, -0.2) is 42.4 Å². The standard InChI is InChI=1S/C32H25N7O3S/c1-17-18(2)43-32-28(17)29(35-26(15-27(40)41)30-38-37-19(3)39(30)32)21-6-4-20(5-7-21)23-8-9-25(24(14-23)16-33)36-31(42)22-10-12-34-13-11-22/h4-14,26H,15H2,1-3H3,(H,36,42)(H,40,41)/t26-/m0/s1. The lowest BCUT2D eigenvalue weighted by Crippen LogP contribution is -2.12. The second-order valence-electron chi connectivity index (χ2n) is 10.1. The van der Waals surface area contributed by atoms with E-state index < -0.39 is 12.0 Å². The van der Waals surface area contributed by atoms with Crippen LogP contribution in [0, 0.1) is 32.1 Å². The van der Waals surface area contributed by atoms with Crippen LogP contribution in [0.2, 0.25) is 0 Å². The Labute approximate surface area is 251 Å².